The molecule has 0 spiro atoms. The summed E-state index contributed by atoms with van der Waals surface area (Å²) in [6.45, 7) is 0. The molecule has 4 aromatic rings. The summed E-state index contributed by atoms with van der Waals surface area (Å²) < 4.78 is 10.7. The molecule has 23 heavy (non-hydrogen) atoms. The molecule has 0 fully saturated rings. The Hall–Kier alpha value is -3.07. The normalized spacial score (nSPS) is 11.0. The molecule has 1 aromatic heterocycles. The number of benzene rings is 3. The number of methoxy groups -OCH3 is 1. The number of fused-ring (bicyclic) bond motifs is 2. The lowest BCUT2D eigenvalue weighted by molar-refractivity contribution is 0.415. The Morgan fingerprint density at radius 2 is 1.65 bits per heavy atom. The van der Waals surface area contributed by atoms with Crippen LogP contribution in [-0.4, -0.2) is 7.11 Å². The van der Waals surface area contributed by atoms with Gasteiger partial charge >= 0.3 is 5.63 Å². The van der Waals surface area contributed by atoms with Crippen molar-refractivity contribution < 1.29 is 9.15 Å². The fraction of sp³-hybridized carbons (Fsp3) is 0.0500. The molecule has 0 amide bonds. The van der Waals surface area contributed by atoms with E-state index in [9.17, 15) is 4.79 Å². The Balaban J connectivity index is 2.04. The van der Waals surface area contributed by atoms with Crippen LogP contribution >= 0.6 is 0 Å². The summed E-state index contributed by atoms with van der Waals surface area (Å²) in [5.41, 5.74) is 1.66. The molecule has 0 bridgehead atoms. The molecule has 0 unspecified atom stereocenters. The van der Waals surface area contributed by atoms with E-state index in [2.05, 4.69) is 0 Å². The summed E-state index contributed by atoms with van der Waals surface area (Å²) >= 11 is 0. The van der Waals surface area contributed by atoms with E-state index in [-0.39, 0.29) is 5.63 Å². The lowest BCUT2D eigenvalue weighted by Crippen LogP contribution is -2.03. The van der Waals surface area contributed by atoms with Gasteiger partial charge in [-0.25, -0.2) is 4.79 Å². The first kappa shape index (κ1) is 13.6. The van der Waals surface area contributed by atoms with Gasteiger partial charge in [-0.15, -0.1) is 0 Å². The summed E-state index contributed by atoms with van der Waals surface area (Å²) in [4.78, 5) is 12.4. The molecule has 0 radical (unpaired) electrons. The van der Waals surface area contributed by atoms with Crippen molar-refractivity contribution in [1.29, 1.82) is 0 Å². The van der Waals surface area contributed by atoms with E-state index in [0.717, 1.165) is 27.5 Å². The lowest BCUT2D eigenvalue weighted by Gasteiger charge is -2.07. The lowest BCUT2D eigenvalue weighted by atomic mass is 9.99. The third-order valence-corrected chi connectivity index (χ3v) is 4.02. The summed E-state index contributed by atoms with van der Waals surface area (Å²) in [6.07, 6.45) is 0. The zero-order valence-corrected chi connectivity index (χ0v) is 12.6. The number of rotatable bonds is 2. The Bertz CT molecular complexity index is 1070. The highest BCUT2D eigenvalue weighted by Gasteiger charge is 2.11. The molecule has 3 aromatic carbocycles. The molecular weight excluding hydrogens is 288 g/mol. The highest BCUT2D eigenvalue weighted by Crippen LogP contribution is 2.29. The van der Waals surface area contributed by atoms with Gasteiger partial charge in [0.2, 0.25) is 0 Å². The maximum Gasteiger partial charge on any atom is 0.344 e. The van der Waals surface area contributed by atoms with Gasteiger partial charge < -0.3 is 9.15 Å². The molecule has 0 saturated heterocycles. The molecule has 0 aliphatic carbocycles. The van der Waals surface area contributed by atoms with Gasteiger partial charge in [-0.1, -0.05) is 42.5 Å². The maximum atomic E-state index is 12.4. The second-order valence-corrected chi connectivity index (χ2v) is 5.38. The topological polar surface area (TPSA) is 39.4 Å². The standard InChI is InChI=1S/C20H14O3/c1-22-15-9-10-19-14(11-15)12-18(20(21)23-19)17-8-4-6-13-5-2-3-7-16(13)17/h2-12H,1H3. The average molecular weight is 302 g/mol. The second-order valence-electron chi connectivity index (χ2n) is 5.38. The number of hydrogen-bond donors (Lipinski definition) is 0. The van der Waals surface area contributed by atoms with Gasteiger partial charge in [0, 0.05) is 5.39 Å². The van der Waals surface area contributed by atoms with Crippen molar-refractivity contribution in [3.63, 3.8) is 0 Å². The molecular formula is C20H14O3. The second kappa shape index (κ2) is 5.29. The highest BCUT2D eigenvalue weighted by molar-refractivity contribution is 5.97. The predicted octanol–water partition coefficient (Wildman–Crippen LogP) is 4.62. The average Bonchev–Trinajstić information content (AvgIpc) is 2.60. The van der Waals surface area contributed by atoms with Crippen LogP contribution in [0.2, 0.25) is 0 Å². The van der Waals surface area contributed by atoms with Crippen LogP contribution < -0.4 is 10.4 Å². The largest absolute Gasteiger partial charge is 0.497 e. The van der Waals surface area contributed by atoms with Crippen molar-refractivity contribution in [2.75, 3.05) is 7.11 Å². The van der Waals surface area contributed by atoms with E-state index in [1.54, 1.807) is 19.2 Å². The van der Waals surface area contributed by atoms with Gasteiger partial charge in [-0.3, -0.25) is 0 Å². The van der Waals surface area contributed by atoms with Crippen molar-refractivity contribution in [2.24, 2.45) is 0 Å². The molecule has 1 heterocycles. The zero-order chi connectivity index (χ0) is 15.8. The van der Waals surface area contributed by atoms with Crippen molar-refractivity contribution in [3.05, 3.63) is 77.2 Å². The van der Waals surface area contributed by atoms with Gasteiger partial charge in [0.05, 0.1) is 12.7 Å². The quantitative estimate of drug-likeness (QED) is 0.507. The Morgan fingerprint density at radius 3 is 2.52 bits per heavy atom. The van der Waals surface area contributed by atoms with Crippen LogP contribution in [-0.2, 0) is 0 Å². The molecule has 112 valence electrons. The Labute approximate surface area is 132 Å². The van der Waals surface area contributed by atoms with Crippen LogP contribution in [0.4, 0.5) is 0 Å². The van der Waals surface area contributed by atoms with Crippen LogP contribution in [0.3, 0.4) is 0 Å². The predicted molar refractivity (Wildman–Crippen MR) is 92.0 cm³/mol. The molecule has 0 aliphatic rings. The van der Waals surface area contributed by atoms with Gasteiger partial charge in [-0.05, 0) is 40.6 Å². The maximum absolute atomic E-state index is 12.4. The van der Waals surface area contributed by atoms with E-state index >= 15 is 0 Å². The molecule has 4 rings (SSSR count). The van der Waals surface area contributed by atoms with Gasteiger partial charge in [0.25, 0.3) is 0 Å². The minimum Gasteiger partial charge on any atom is -0.497 e. The third kappa shape index (κ3) is 2.27. The van der Waals surface area contributed by atoms with Gasteiger partial charge in [0.15, 0.2) is 0 Å². The summed E-state index contributed by atoms with van der Waals surface area (Å²) in [5, 5.41) is 2.96. The van der Waals surface area contributed by atoms with Gasteiger partial charge in [0.1, 0.15) is 11.3 Å². The molecule has 3 nitrogen and oxygen atoms in total. The minimum absolute atomic E-state index is 0.334. The van der Waals surface area contributed by atoms with E-state index in [0.29, 0.717) is 11.1 Å². The summed E-state index contributed by atoms with van der Waals surface area (Å²) in [5.74, 6) is 0.732. The number of ether oxygens (including phenoxy) is 1. The fourth-order valence-electron chi connectivity index (χ4n) is 2.88. The van der Waals surface area contributed by atoms with E-state index in [1.165, 1.54) is 0 Å². The first-order chi connectivity index (χ1) is 11.3. The SMILES string of the molecule is COc1ccc2oc(=O)c(-c3cccc4ccccc34)cc2c1. The fourth-order valence-corrected chi connectivity index (χ4v) is 2.88. The molecule has 0 saturated carbocycles. The van der Waals surface area contributed by atoms with Crippen molar-refractivity contribution >= 4 is 21.7 Å². The van der Waals surface area contributed by atoms with Crippen LogP contribution in [0.1, 0.15) is 0 Å². The third-order valence-electron chi connectivity index (χ3n) is 4.02. The Kier molecular flexibility index (Phi) is 3.12. The van der Waals surface area contributed by atoms with Gasteiger partial charge in [-0.2, -0.15) is 0 Å². The monoisotopic (exact) mass is 302 g/mol. The van der Waals surface area contributed by atoms with Crippen molar-refractivity contribution in [3.8, 4) is 16.9 Å². The molecule has 0 atom stereocenters. The van der Waals surface area contributed by atoms with E-state index in [1.807, 2.05) is 54.6 Å². The van der Waals surface area contributed by atoms with Crippen LogP contribution in [0.15, 0.2) is 75.9 Å². The smallest absolute Gasteiger partial charge is 0.344 e. The molecule has 3 heteroatoms. The zero-order valence-electron chi connectivity index (χ0n) is 12.6. The first-order valence-corrected chi connectivity index (χ1v) is 7.36. The minimum atomic E-state index is -0.334. The van der Waals surface area contributed by atoms with Crippen LogP contribution in [0.25, 0.3) is 32.9 Å². The van der Waals surface area contributed by atoms with Crippen LogP contribution in [0.5, 0.6) is 5.75 Å². The summed E-state index contributed by atoms with van der Waals surface area (Å²) in [7, 11) is 1.62. The van der Waals surface area contributed by atoms with E-state index in [4.69, 9.17) is 9.15 Å². The number of hydrogen-bond acceptors (Lipinski definition) is 3. The Morgan fingerprint density at radius 1 is 0.826 bits per heavy atom. The first-order valence-electron chi connectivity index (χ1n) is 7.36. The molecule has 0 aliphatic heterocycles. The van der Waals surface area contributed by atoms with Crippen LogP contribution in [0, 0.1) is 0 Å². The molecule has 0 N–H and O–H groups in total. The van der Waals surface area contributed by atoms with E-state index < -0.39 is 0 Å². The summed E-state index contributed by atoms with van der Waals surface area (Å²) in [6, 6.07) is 21.2. The highest BCUT2D eigenvalue weighted by atomic mass is 16.5. The van der Waals surface area contributed by atoms with Crippen molar-refractivity contribution in [1.82, 2.24) is 0 Å². The van der Waals surface area contributed by atoms with Crippen molar-refractivity contribution in [2.45, 2.75) is 0 Å².